The zero-order valence-corrected chi connectivity index (χ0v) is 8.52. The summed E-state index contributed by atoms with van der Waals surface area (Å²) in [6, 6.07) is 5.84. The standard InChI is InChI=1S/C10H12O2S/c1-7-3-4-8(6-10(11)12)9(5-7)13-2/h3-5H,6H2,1-2H3,(H,11,12). The number of rotatable bonds is 3. The summed E-state index contributed by atoms with van der Waals surface area (Å²) in [6.45, 7) is 2.00. The van der Waals surface area contributed by atoms with E-state index >= 15 is 0 Å². The lowest BCUT2D eigenvalue weighted by Gasteiger charge is -2.05. The van der Waals surface area contributed by atoms with E-state index in [-0.39, 0.29) is 6.42 Å². The summed E-state index contributed by atoms with van der Waals surface area (Å²) >= 11 is 1.59. The van der Waals surface area contributed by atoms with Crippen molar-refractivity contribution in [3.8, 4) is 0 Å². The van der Waals surface area contributed by atoms with Crippen LogP contribution in [-0.4, -0.2) is 17.3 Å². The van der Waals surface area contributed by atoms with E-state index in [1.165, 1.54) is 5.56 Å². The van der Waals surface area contributed by atoms with E-state index in [4.69, 9.17) is 5.11 Å². The summed E-state index contributed by atoms with van der Waals surface area (Å²) in [5.41, 5.74) is 2.06. The Balaban J connectivity index is 2.99. The molecule has 0 spiro atoms. The zero-order chi connectivity index (χ0) is 9.84. The molecule has 0 fully saturated rings. The minimum Gasteiger partial charge on any atom is -0.481 e. The topological polar surface area (TPSA) is 37.3 Å². The van der Waals surface area contributed by atoms with Gasteiger partial charge >= 0.3 is 5.97 Å². The molecule has 0 radical (unpaired) electrons. The molecule has 3 heteroatoms. The Kier molecular flexibility index (Phi) is 3.37. The van der Waals surface area contributed by atoms with Gasteiger partial charge < -0.3 is 5.11 Å². The van der Waals surface area contributed by atoms with E-state index in [0.717, 1.165) is 10.5 Å². The molecule has 0 saturated heterocycles. The van der Waals surface area contributed by atoms with Crippen LogP contribution in [0.5, 0.6) is 0 Å². The highest BCUT2D eigenvalue weighted by Crippen LogP contribution is 2.22. The van der Waals surface area contributed by atoms with Gasteiger partial charge in [0.1, 0.15) is 0 Å². The lowest BCUT2D eigenvalue weighted by atomic mass is 10.1. The van der Waals surface area contributed by atoms with Gasteiger partial charge in [-0.05, 0) is 24.8 Å². The molecule has 0 heterocycles. The van der Waals surface area contributed by atoms with Gasteiger partial charge in [0.25, 0.3) is 0 Å². The fourth-order valence-electron chi connectivity index (χ4n) is 1.16. The summed E-state index contributed by atoms with van der Waals surface area (Å²) in [5.74, 6) is -0.779. The van der Waals surface area contributed by atoms with Crippen molar-refractivity contribution in [3.05, 3.63) is 29.3 Å². The smallest absolute Gasteiger partial charge is 0.307 e. The van der Waals surface area contributed by atoms with Crippen LogP contribution in [0.1, 0.15) is 11.1 Å². The summed E-state index contributed by atoms with van der Waals surface area (Å²) < 4.78 is 0. The minimum atomic E-state index is -0.779. The third kappa shape index (κ3) is 2.77. The molecular weight excluding hydrogens is 184 g/mol. The average Bonchev–Trinajstić information content (AvgIpc) is 2.07. The van der Waals surface area contributed by atoms with Crippen molar-refractivity contribution in [1.82, 2.24) is 0 Å². The number of benzene rings is 1. The van der Waals surface area contributed by atoms with E-state index in [1.807, 2.05) is 31.4 Å². The van der Waals surface area contributed by atoms with Crippen LogP contribution in [-0.2, 0) is 11.2 Å². The van der Waals surface area contributed by atoms with Gasteiger partial charge in [0, 0.05) is 4.90 Å². The number of hydrogen-bond donors (Lipinski definition) is 1. The molecule has 0 aliphatic heterocycles. The summed E-state index contributed by atoms with van der Waals surface area (Å²) in [4.78, 5) is 11.6. The Morgan fingerprint density at radius 2 is 2.23 bits per heavy atom. The Bertz CT molecular complexity index is 321. The molecule has 0 aromatic heterocycles. The maximum absolute atomic E-state index is 10.5. The molecule has 1 aromatic rings. The van der Waals surface area contributed by atoms with Crippen LogP contribution in [0.15, 0.2) is 23.1 Å². The SMILES string of the molecule is CSc1cc(C)ccc1CC(=O)O. The third-order valence-corrected chi connectivity index (χ3v) is 2.60. The first-order chi connectivity index (χ1) is 6.13. The molecule has 70 valence electrons. The van der Waals surface area contributed by atoms with Crippen molar-refractivity contribution in [1.29, 1.82) is 0 Å². The number of thioether (sulfide) groups is 1. The lowest BCUT2D eigenvalue weighted by Crippen LogP contribution is -2.01. The Hall–Kier alpha value is -0.960. The monoisotopic (exact) mass is 196 g/mol. The molecule has 0 unspecified atom stereocenters. The first kappa shape index (κ1) is 10.1. The van der Waals surface area contributed by atoms with Crippen LogP contribution < -0.4 is 0 Å². The second-order valence-corrected chi connectivity index (χ2v) is 3.73. The fraction of sp³-hybridized carbons (Fsp3) is 0.300. The second kappa shape index (κ2) is 4.33. The summed E-state index contributed by atoms with van der Waals surface area (Å²) in [5, 5.41) is 8.65. The largest absolute Gasteiger partial charge is 0.481 e. The van der Waals surface area contributed by atoms with Crippen molar-refractivity contribution in [3.63, 3.8) is 0 Å². The van der Waals surface area contributed by atoms with Crippen molar-refractivity contribution in [2.24, 2.45) is 0 Å². The van der Waals surface area contributed by atoms with E-state index in [2.05, 4.69) is 0 Å². The van der Waals surface area contributed by atoms with Crippen molar-refractivity contribution in [2.45, 2.75) is 18.2 Å². The Morgan fingerprint density at radius 3 is 2.77 bits per heavy atom. The number of carboxylic acid groups (broad SMARTS) is 1. The van der Waals surface area contributed by atoms with Gasteiger partial charge in [-0.2, -0.15) is 0 Å². The van der Waals surface area contributed by atoms with Gasteiger partial charge in [-0.3, -0.25) is 4.79 Å². The molecule has 0 atom stereocenters. The molecule has 0 saturated carbocycles. The Morgan fingerprint density at radius 1 is 1.54 bits per heavy atom. The van der Waals surface area contributed by atoms with E-state index in [1.54, 1.807) is 11.8 Å². The van der Waals surface area contributed by atoms with Crippen LogP contribution in [0.2, 0.25) is 0 Å². The molecule has 1 rings (SSSR count). The number of aryl methyl sites for hydroxylation is 1. The quantitative estimate of drug-likeness (QED) is 0.754. The minimum absolute atomic E-state index is 0.108. The zero-order valence-electron chi connectivity index (χ0n) is 7.70. The van der Waals surface area contributed by atoms with Crippen LogP contribution in [0, 0.1) is 6.92 Å². The van der Waals surface area contributed by atoms with Gasteiger partial charge in [0.2, 0.25) is 0 Å². The van der Waals surface area contributed by atoms with Gasteiger partial charge in [0.05, 0.1) is 6.42 Å². The average molecular weight is 196 g/mol. The van der Waals surface area contributed by atoms with Crippen LogP contribution in [0.3, 0.4) is 0 Å². The molecule has 1 N–H and O–H groups in total. The molecule has 0 aliphatic carbocycles. The van der Waals surface area contributed by atoms with Crippen LogP contribution in [0.4, 0.5) is 0 Å². The Labute approximate surface area is 82.0 Å². The van der Waals surface area contributed by atoms with Crippen LogP contribution in [0.25, 0.3) is 0 Å². The van der Waals surface area contributed by atoms with Crippen molar-refractivity contribution < 1.29 is 9.90 Å². The highest BCUT2D eigenvalue weighted by Gasteiger charge is 2.05. The molecule has 13 heavy (non-hydrogen) atoms. The van der Waals surface area contributed by atoms with Gasteiger partial charge in [-0.15, -0.1) is 11.8 Å². The van der Waals surface area contributed by atoms with Crippen LogP contribution >= 0.6 is 11.8 Å². The van der Waals surface area contributed by atoms with E-state index < -0.39 is 5.97 Å². The van der Waals surface area contributed by atoms with Gasteiger partial charge in [0.15, 0.2) is 0 Å². The summed E-state index contributed by atoms with van der Waals surface area (Å²) in [7, 11) is 0. The van der Waals surface area contributed by atoms with Gasteiger partial charge in [-0.1, -0.05) is 17.7 Å². The highest BCUT2D eigenvalue weighted by atomic mass is 32.2. The summed E-state index contributed by atoms with van der Waals surface area (Å²) in [6.07, 6.45) is 2.07. The van der Waals surface area contributed by atoms with E-state index in [9.17, 15) is 4.79 Å². The maximum Gasteiger partial charge on any atom is 0.307 e. The lowest BCUT2D eigenvalue weighted by molar-refractivity contribution is -0.136. The number of aliphatic carboxylic acids is 1. The predicted molar refractivity (Wildman–Crippen MR) is 54.3 cm³/mol. The van der Waals surface area contributed by atoms with Crippen molar-refractivity contribution in [2.75, 3.05) is 6.26 Å². The molecular formula is C10H12O2S. The fourth-order valence-corrected chi connectivity index (χ4v) is 1.87. The number of carbonyl (C=O) groups is 1. The highest BCUT2D eigenvalue weighted by molar-refractivity contribution is 7.98. The number of hydrogen-bond acceptors (Lipinski definition) is 2. The third-order valence-electron chi connectivity index (χ3n) is 1.78. The molecule has 2 nitrogen and oxygen atoms in total. The van der Waals surface area contributed by atoms with Gasteiger partial charge in [-0.25, -0.2) is 0 Å². The maximum atomic E-state index is 10.5. The predicted octanol–water partition coefficient (Wildman–Crippen LogP) is 2.34. The molecule has 0 amide bonds. The number of carboxylic acids is 1. The first-order valence-corrected chi connectivity index (χ1v) is 5.21. The molecule has 0 bridgehead atoms. The second-order valence-electron chi connectivity index (χ2n) is 2.89. The molecule has 0 aliphatic rings. The van der Waals surface area contributed by atoms with E-state index in [0.29, 0.717) is 0 Å². The molecule has 1 aromatic carbocycles. The first-order valence-electron chi connectivity index (χ1n) is 3.99. The normalized spacial score (nSPS) is 10.0. The van der Waals surface area contributed by atoms with Crippen molar-refractivity contribution >= 4 is 17.7 Å².